The zero-order valence-corrected chi connectivity index (χ0v) is 10.3. The molecule has 0 aromatic heterocycles. The van der Waals surface area contributed by atoms with E-state index in [2.05, 4.69) is 10.2 Å². The highest BCUT2D eigenvalue weighted by Crippen LogP contribution is 2.28. The number of nitrogens with one attached hydrogen (secondary N) is 1. The Morgan fingerprint density at radius 1 is 1.17 bits per heavy atom. The summed E-state index contributed by atoms with van der Waals surface area (Å²) in [5.74, 6) is -3.56. The van der Waals surface area contributed by atoms with Crippen LogP contribution in [-0.4, -0.2) is 31.1 Å². The Balaban J connectivity index is 2.29. The minimum atomic E-state index is -1.37. The topological polar surface area (TPSA) is 15.3 Å². The first-order valence-corrected chi connectivity index (χ1v) is 6.23. The van der Waals surface area contributed by atoms with Crippen LogP contribution in [-0.2, 0) is 0 Å². The molecule has 1 aliphatic rings. The number of piperazine rings is 1. The molecule has 1 aromatic carbocycles. The fraction of sp³-hybridized carbons (Fsp3) is 0.538. The smallest absolute Gasteiger partial charge is 0.194 e. The maximum absolute atomic E-state index is 13.8. The van der Waals surface area contributed by atoms with Gasteiger partial charge in [-0.05, 0) is 12.5 Å². The van der Waals surface area contributed by atoms with Gasteiger partial charge in [0, 0.05) is 37.8 Å². The molecule has 0 radical (unpaired) electrons. The van der Waals surface area contributed by atoms with Crippen LogP contribution < -0.4 is 5.32 Å². The molecule has 1 heterocycles. The van der Waals surface area contributed by atoms with Crippen LogP contribution in [0.3, 0.4) is 0 Å². The van der Waals surface area contributed by atoms with E-state index >= 15 is 0 Å². The molecule has 5 heteroatoms. The van der Waals surface area contributed by atoms with Crippen LogP contribution in [0.4, 0.5) is 13.2 Å². The summed E-state index contributed by atoms with van der Waals surface area (Å²) in [7, 11) is 0. The largest absolute Gasteiger partial charge is 0.314 e. The second-order valence-corrected chi connectivity index (χ2v) is 4.47. The van der Waals surface area contributed by atoms with E-state index in [4.69, 9.17) is 0 Å². The minimum Gasteiger partial charge on any atom is -0.314 e. The normalized spacial score (nSPS) is 18.9. The van der Waals surface area contributed by atoms with E-state index < -0.39 is 17.5 Å². The van der Waals surface area contributed by atoms with Gasteiger partial charge in [-0.1, -0.05) is 13.0 Å². The quantitative estimate of drug-likeness (QED) is 0.838. The second kappa shape index (κ2) is 5.71. The van der Waals surface area contributed by atoms with Gasteiger partial charge < -0.3 is 5.32 Å². The standard InChI is InChI=1S/C13H17F3N2/c1-2-11(18-7-5-17-6-8-18)9-3-4-10(14)13(16)12(9)15/h3-4,11,17H,2,5-8H2,1H3/t11-/m1/s1. The number of halogens is 3. The summed E-state index contributed by atoms with van der Waals surface area (Å²) in [5, 5.41) is 3.21. The molecule has 0 unspecified atom stereocenters. The Morgan fingerprint density at radius 2 is 1.83 bits per heavy atom. The van der Waals surface area contributed by atoms with Crippen LogP contribution in [0.1, 0.15) is 24.9 Å². The molecule has 1 aliphatic heterocycles. The van der Waals surface area contributed by atoms with Crippen LogP contribution in [0.5, 0.6) is 0 Å². The lowest BCUT2D eigenvalue weighted by atomic mass is 10.0. The third kappa shape index (κ3) is 2.52. The van der Waals surface area contributed by atoms with Gasteiger partial charge in [0.2, 0.25) is 0 Å². The second-order valence-electron chi connectivity index (χ2n) is 4.47. The first-order chi connectivity index (χ1) is 8.65. The number of hydrogen-bond donors (Lipinski definition) is 1. The summed E-state index contributed by atoms with van der Waals surface area (Å²) in [6, 6.07) is 2.16. The molecule has 1 N–H and O–H groups in total. The Kier molecular flexibility index (Phi) is 4.24. The third-order valence-electron chi connectivity index (χ3n) is 3.40. The first-order valence-electron chi connectivity index (χ1n) is 6.23. The van der Waals surface area contributed by atoms with Gasteiger partial charge in [-0.2, -0.15) is 0 Å². The highest BCUT2D eigenvalue weighted by atomic mass is 19.2. The van der Waals surface area contributed by atoms with Gasteiger partial charge >= 0.3 is 0 Å². The van der Waals surface area contributed by atoms with Gasteiger partial charge in [-0.25, -0.2) is 13.2 Å². The number of benzene rings is 1. The summed E-state index contributed by atoms with van der Waals surface area (Å²) < 4.78 is 40.0. The molecule has 0 bridgehead atoms. The highest BCUT2D eigenvalue weighted by molar-refractivity contribution is 5.24. The predicted molar refractivity (Wildman–Crippen MR) is 63.8 cm³/mol. The molecule has 0 amide bonds. The molecular formula is C13H17F3N2. The molecule has 2 nitrogen and oxygen atoms in total. The average Bonchev–Trinajstić information content (AvgIpc) is 2.41. The van der Waals surface area contributed by atoms with E-state index in [1.54, 1.807) is 0 Å². The molecule has 2 rings (SSSR count). The van der Waals surface area contributed by atoms with Gasteiger partial charge in [0.1, 0.15) is 0 Å². The van der Waals surface area contributed by atoms with Gasteiger partial charge in [0.15, 0.2) is 17.5 Å². The van der Waals surface area contributed by atoms with Crippen molar-refractivity contribution in [2.75, 3.05) is 26.2 Å². The third-order valence-corrected chi connectivity index (χ3v) is 3.40. The maximum atomic E-state index is 13.8. The van der Waals surface area contributed by atoms with E-state index in [0.29, 0.717) is 6.42 Å². The summed E-state index contributed by atoms with van der Waals surface area (Å²) in [6.45, 7) is 5.17. The molecular weight excluding hydrogens is 241 g/mol. The molecule has 1 atom stereocenters. The number of hydrogen-bond acceptors (Lipinski definition) is 2. The zero-order valence-electron chi connectivity index (χ0n) is 10.3. The van der Waals surface area contributed by atoms with Crippen LogP contribution in [0.2, 0.25) is 0 Å². The maximum Gasteiger partial charge on any atom is 0.194 e. The fourth-order valence-electron chi connectivity index (χ4n) is 2.47. The predicted octanol–water partition coefficient (Wildman–Crippen LogP) is 2.46. The van der Waals surface area contributed by atoms with Gasteiger partial charge in [0.25, 0.3) is 0 Å². The van der Waals surface area contributed by atoms with Crippen molar-refractivity contribution in [1.82, 2.24) is 10.2 Å². The Bertz CT molecular complexity index is 417. The summed E-state index contributed by atoms with van der Waals surface area (Å²) in [4.78, 5) is 2.10. The monoisotopic (exact) mass is 258 g/mol. The lowest BCUT2D eigenvalue weighted by molar-refractivity contribution is 0.165. The number of nitrogens with zero attached hydrogens (tertiary/aromatic N) is 1. The SMILES string of the molecule is CC[C@H](c1ccc(F)c(F)c1F)N1CCNCC1. The summed E-state index contributed by atoms with van der Waals surface area (Å²) >= 11 is 0. The van der Waals surface area contributed by atoms with E-state index in [9.17, 15) is 13.2 Å². The van der Waals surface area contributed by atoms with Crippen molar-refractivity contribution in [2.45, 2.75) is 19.4 Å². The Labute approximate surface area is 105 Å². The molecule has 0 saturated carbocycles. The summed E-state index contributed by atoms with van der Waals surface area (Å²) in [5.41, 5.74) is 0.248. The van der Waals surface area contributed by atoms with E-state index in [1.165, 1.54) is 6.07 Å². The molecule has 0 aliphatic carbocycles. The van der Waals surface area contributed by atoms with E-state index in [-0.39, 0.29) is 11.6 Å². The van der Waals surface area contributed by atoms with E-state index in [1.807, 2.05) is 6.92 Å². The van der Waals surface area contributed by atoms with Crippen LogP contribution >= 0.6 is 0 Å². The fourth-order valence-corrected chi connectivity index (χ4v) is 2.47. The van der Waals surface area contributed by atoms with Gasteiger partial charge in [0.05, 0.1) is 0 Å². The molecule has 0 spiro atoms. The highest BCUT2D eigenvalue weighted by Gasteiger charge is 2.25. The van der Waals surface area contributed by atoms with Crippen molar-refractivity contribution in [3.63, 3.8) is 0 Å². The molecule has 1 saturated heterocycles. The average molecular weight is 258 g/mol. The molecule has 18 heavy (non-hydrogen) atoms. The van der Waals surface area contributed by atoms with Crippen LogP contribution in [0, 0.1) is 17.5 Å². The molecule has 100 valence electrons. The van der Waals surface area contributed by atoms with Crippen molar-refractivity contribution < 1.29 is 13.2 Å². The minimum absolute atomic E-state index is 0.192. The van der Waals surface area contributed by atoms with Crippen molar-refractivity contribution >= 4 is 0 Å². The lowest BCUT2D eigenvalue weighted by Crippen LogP contribution is -2.45. The lowest BCUT2D eigenvalue weighted by Gasteiger charge is -2.34. The number of rotatable bonds is 3. The first kappa shape index (κ1) is 13.4. The van der Waals surface area contributed by atoms with Crippen molar-refractivity contribution in [3.8, 4) is 0 Å². The summed E-state index contributed by atoms with van der Waals surface area (Å²) in [6.07, 6.45) is 0.669. The molecule has 1 aromatic rings. The van der Waals surface area contributed by atoms with Crippen LogP contribution in [0.15, 0.2) is 12.1 Å². The Morgan fingerprint density at radius 3 is 2.44 bits per heavy atom. The van der Waals surface area contributed by atoms with Crippen molar-refractivity contribution in [3.05, 3.63) is 35.1 Å². The van der Waals surface area contributed by atoms with E-state index in [0.717, 1.165) is 32.2 Å². The van der Waals surface area contributed by atoms with Crippen LogP contribution in [0.25, 0.3) is 0 Å². The van der Waals surface area contributed by atoms with Gasteiger partial charge in [-0.15, -0.1) is 0 Å². The Hall–Kier alpha value is -1.07. The molecule has 1 fully saturated rings. The zero-order chi connectivity index (χ0) is 13.1. The van der Waals surface area contributed by atoms with Gasteiger partial charge in [-0.3, -0.25) is 4.90 Å². The van der Waals surface area contributed by atoms with Crippen molar-refractivity contribution in [1.29, 1.82) is 0 Å². The van der Waals surface area contributed by atoms with Crippen molar-refractivity contribution in [2.24, 2.45) is 0 Å².